The van der Waals surface area contributed by atoms with Crippen LogP contribution in [0.4, 0.5) is 0 Å². The second-order valence-electron chi connectivity index (χ2n) is 5.13. The number of hydrogen-bond acceptors (Lipinski definition) is 4. The first-order valence-electron chi connectivity index (χ1n) is 6.34. The molecule has 20 heavy (non-hydrogen) atoms. The van der Waals surface area contributed by atoms with Gasteiger partial charge in [-0.1, -0.05) is 23.6 Å². The lowest BCUT2D eigenvalue weighted by atomic mass is 10.1. The Morgan fingerprint density at radius 3 is 1.30 bits per heavy atom. The highest BCUT2D eigenvalue weighted by Gasteiger charge is 2.39. The first kappa shape index (κ1) is 17.3. The molecule has 2 aliphatic heterocycles. The molecule has 0 radical (unpaired) electrons. The lowest BCUT2D eigenvalue weighted by Gasteiger charge is -2.25. The van der Waals surface area contributed by atoms with Crippen LogP contribution in [0.25, 0.3) is 0 Å². The molecule has 0 bridgehead atoms. The average molecular weight is 379 g/mol. The van der Waals surface area contributed by atoms with Crippen LogP contribution >= 0.6 is 33.2 Å². The molecule has 0 fully saturated rings. The van der Waals surface area contributed by atoms with Crippen molar-refractivity contribution >= 4 is 56.9 Å². The fraction of sp³-hybridized carbons (Fsp3) is 0.429. The summed E-state index contributed by atoms with van der Waals surface area (Å²) in [6.07, 6.45) is 4.30. The van der Waals surface area contributed by atoms with Gasteiger partial charge in [0.2, 0.25) is 0 Å². The third-order valence-electron chi connectivity index (χ3n) is 4.01. The minimum atomic E-state index is -1.66. The van der Waals surface area contributed by atoms with E-state index in [0.717, 1.165) is 0 Å². The summed E-state index contributed by atoms with van der Waals surface area (Å²) in [5, 5.41) is -0.476. The van der Waals surface area contributed by atoms with Crippen molar-refractivity contribution in [3.8, 4) is 0 Å². The highest BCUT2D eigenvalue weighted by molar-refractivity contribution is 8.75. The molecule has 110 valence electrons. The van der Waals surface area contributed by atoms with E-state index in [1.54, 1.807) is 0 Å². The highest BCUT2D eigenvalue weighted by Crippen LogP contribution is 2.82. The van der Waals surface area contributed by atoms with E-state index < -0.39 is 10.5 Å². The Labute approximate surface area is 141 Å². The van der Waals surface area contributed by atoms with Gasteiger partial charge in [-0.3, -0.25) is 0 Å². The van der Waals surface area contributed by atoms with E-state index in [2.05, 4.69) is 51.8 Å². The van der Waals surface area contributed by atoms with Crippen molar-refractivity contribution < 1.29 is 0 Å². The van der Waals surface area contributed by atoms with Crippen molar-refractivity contribution in [1.82, 2.24) is 0 Å². The van der Waals surface area contributed by atoms with Gasteiger partial charge in [0.05, 0.1) is 10.5 Å². The molecule has 2 heterocycles. The van der Waals surface area contributed by atoms with Crippen molar-refractivity contribution in [2.24, 2.45) is 0 Å². The second-order valence-corrected chi connectivity index (χ2v) is 20.1. The summed E-state index contributed by atoms with van der Waals surface area (Å²) in [5.74, 6) is 4.68. The summed E-state index contributed by atoms with van der Waals surface area (Å²) in [6.45, 7) is 8.82. The Bertz CT molecular complexity index is 632. The Hall–Kier alpha value is 0.960. The molecule has 0 aromatic carbocycles. The summed E-state index contributed by atoms with van der Waals surface area (Å²) in [4.78, 5) is 0. The van der Waals surface area contributed by atoms with E-state index >= 15 is 0 Å². The van der Waals surface area contributed by atoms with Gasteiger partial charge in [-0.25, -0.2) is 0 Å². The molecule has 0 N–H and O–H groups in total. The van der Waals surface area contributed by atoms with Gasteiger partial charge in [-0.2, -0.15) is 0 Å². The van der Waals surface area contributed by atoms with Crippen LogP contribution in [-0.4, -0.2) is 12.5 Å². The van der Waals surface area contributed by atoms with Crippen LogP contribution < -0.4 is 0 Å². The topological polar surface area (TPSA) is 0 Å². The molecule has 0 aromatic heterocycles. The van der Waals surface area contributed by atoms with Gasteiger partial charge < -0.3 is 0 Å². The van der Waals surface area contributed by atoms with Crippen LogP contribution in [0.5, 0.6) is 0 Å². The van der Waals surface area contributed by atoms with Crippen LogP contribution in [0.2, 0.25) is 0 Å². The molecule has 0 aliphatic carbocycles. The summed E-state index contributed by atoms with van der Waals surface area (Å²) in [5.41, 5.74) is 5.46. The molecule has 0 aromatic rings. The van der Waals surface area contributed by atoms with Gasteiger partial charge >= 0.3 is 0 Å². The van der Waals surface area contributed by atoms with Gasteiger partial charge in [0.25, 0.3) is 0 Å². The SMILES string of the molecule is CSP1(=S)C=C(C)C(C)=C1C1=C(C)C(C)=CP1(=S)SC. The first-order chi connectivity index (χ1) is 9.20. The van der Waals surface area contributed by atoms with Crippen LogP contribution in [0.1, 0.15) is 27.7 Å². The van der Waals surface area contributed by atoms with Crippen molar-refractivity contribution in [2.75, 3.05) is 12.5 Å². The number of allylic oxidation sites excluding steroid dienone is 6. The number of rotatable bonds is 3. The lowest BCUT2D eigenvalue weighted by Crippen LogP contribution is -1.90. The van der Waals surface area contributed by atoms with E-state index in [4.69, 9.17) is 23.6 Å². The van der Waals surface area contributed by atoms with Crippen LogP contribution in [-0.2, 0) is 23.6 Å². The Morgan fingerprint density at radius 1 is 0.750 bits per heavy atom. The van der Waals surface area contributed by atoms with E-state index in [1.807, 2.05) is 22.8 Å². The minimum Gasteiger partial charge on any atom is -0.119 e. The smallest absolute Gasteiger partial charge is 0.0553 e. The molecule has 2 aliphatic rings. The molecule has 0 spiro atoms. The molecular weight excluding hydrogens is 358 g/mol. The Kier molecular flexibility index (Phi) is 5.08. The predicted octanol–water partition coefficient (Wildman–Crippen LogP) is 6.88. The summed E-state index contributed by atoms with van der Waals surface area (Å²) < 4.78 is 0. The van der Waals surface area contributed by atoms with E-state index in [0.29, 0.717) is 0 Å². The molecule has 0 saturated heterocycles. The van der Waals surface area contributed by atoms with Gasteiger partial charge in [-0.15, -0.1) is 22.8 Å². The maximum absolute atomic E-state index is 6.07. The molecule has 0 nitrogen and oxygen atoms in total. The minimum absolute atomic E-state index is 1.35. The monoisotopic (exact) mass is 378 g/mol. The lowest BCUT2D eigenvalue weighted by molar-refractivity contribution is 1.32. The fourth-order valence-corrected chi connectivity index (χ4v) is 15.2. The van der Waals surface area contributed by atoms with Gasteiger partial charge in [0.1, 0.15) is 0 Å². The van der Waals surface area contributed by atoms with Crippen molar-refractivity contribution in [2.45, 2.75) is 27.7 Å². The normalized spacial score (nSPS) is 33.9. The Balaban J connectivity index is 2.75. The quantitative estimate of drug-likeness (QED) is 0.490. The molecule has 0 amide bonds. The number of hydrogen-bond donors (Lipinski definition) is 0. The van der Waals surface area contributed by atoms with Gasteiger partial charge in [-0.05, 0) is 74.1 Å². The Morgan fingerprint density at radius 2 is 1.05 bits per heavy atom. The maximum atomic E-state index is 6.07. The molecule has 0 saturated carbocycles. The molecule has 2 atom stereocenters. The highest BCUT2D eigenvalue weighted by atomic mass is 32.9. The van der Waals surface area contributed by atoms with Gasteiger partial charge in [0, 0.05) is 10.6 Å². The first-order valence-corrected chi connectivity index (χ1v) is 15.7. The maximum Gasteiger partial charge on any atom is 0.0553 e. The zero-order valence-electron chi connectivity index (χ0n) is 12.7. The van der Waals surface area contributed by atoms with Crippen molar-refractivity contribution in [1.29, 1.82) is 0 Å². The predicted molar refractivity (Wildman–Crippen MR) is 109 cm³/mol. The summed E-state index contributed by atoms with van der Waals surface area (Å²) in [7, 11) is 0. The van der Waals surface area contributed by atoms with E-state index in [-0.39, 0.29) is 0 Å². The third kappa shape index (κ3) is 2.55. The van der Waals surface area contributed by atoms with Crippen LogP contribution in [0.3, 0.4) is 0 Å². The van der Waals surface area contributed by atoms with Crippen LogP contribution in [0, 0.1) is 0 Å². The average Bonchev–Trinajstić information content (AvgIpc) is 2.75. The fourth-order valence-electron chi connectivity index (χ4n) is 2.61. The van der Waals surface area contributed by atoms with E-state index in [1.165, 1.54) is 32.9 Å². The molecule has 2 rings (SSSR count). The zero-order valence-corrected chi connectivity index (χ0v) is 17.7. The van der Waals surface area contributed by atoms with Crippen molar-refractivity contribution in [3.05, 3.63) is 44.6 Å². The zero-order chi connectivity index (χ0) is 15.3. The van der Waals surface area contributed by atoms with Crippen molar-refractivity contribution in [3.63, 3.8) is 0 Å². The third-order valence-corrected chi connectivity index (χ3v) is 18.5. The molecule has 2 unspecified atom stereocenters. The summed E-state index contributed by atoms with van der Waals surface area (Å²) in [6, 6.07) is 0. The standard InChI is InChI=1S/C14H20P2S4/c1-9-7-15(17,19-5)13(11(9)3)14-12(4)10(2)8-16(14,18)20-6/h7-8H,1-6H3. The largest absolute Gasteiger partial charge is 0.119 e. The molecular formula is C14H20P2S4. The second kappa shape index (κ2) is 5.87. The van der Waals surface area contributed by atoms with E-state index in [9.17, 15) is 0 Å². The van der Waals surface area contributed by atoms with Crippen LogP contribution in [0.15, 0.2) is 44.6 Å². The molecule has 6 heteroatoms. The summed E-state index contributed by atoms with van der Waals surface area (Å²) >= 11 is 15.8. The van der Waals surface area contributed by atoms with Gasteiger partial charge in [0.15, 0.2) is 0 Å².